The molecule has 0 saturated heterocycles. The molecule has 14 heavy (non-hydrogen) atoms. The second kappa shape index (κ2) is 6.14. The van der Waals surface area contributed by atoms with E-state index in [-0.39, 0.29) is 7.53 Å². The first-order valence-electron chi connectivity index (χ1n) is 5.66. The highest BCUT2D eigenvalue weighted by molar-refractivity contribution is 7.52. The SMILES string of the molecule is CCCCc1ccp(CCCC)c1[N]. The lowest BCUT2D eigenvalue weighted by atomic mass is 10.1. The van der Waals surface area contributed by atoms with Crippen LogP contribution in [0.1, 0.15) is 45.1 Å². The van der Waals surface area contributed by atoms with Gasteiger partial charge in [0.05, 0.1) is 0 Å². The van der Waals surface area contributed by atoms with Crippen molar-refractivity contribution in [2.24, 2.45) is 0 Å². The molecule has 1 rings (SSSR count). The Morgan fingerprint density at radius 3 is 2.57 bits per heavy atom. The largest absolute Gasteiger partial charge is 0.146 e. The normalized spacial score (nSPS) is 12.0. The zero-order valence-corrected chi connectivity index (χ0v) is 10.2. The Morgan fingerprint density at radius 1 is 1.21 bits per heavy atom. The molecular weight excluding hydrogens is 189 g/mol. The van der Waals surface area contributed by atoms with Crippen LogP contribution in [0.5, 0.6) is 0 Å². The van der Waals surface area contributed by atoms with Gasteiger partial charge in [0, 0.05) is 0 Å². The van der Waals surface area contributed by atoms with E-state index in [0.717, 1.165) is 6.42 Å². The summed E-state index contributed by atoms with van der Waals surface area (Å²) < 4.78 is 0. The molecule has 78 valence electrons. The van der Waals surface area contributed by atoms with Gasteiger partial charge < -0.3 is 0 Å². The van der Waals surface area contributed by atoms with Crippen molar-refractivity contribution in [3.8, 4) is 0 Å². The van der Waals surface area contributed by atoms with Gasteiger partial charge in [-0.15, -0.1) is 5.73 Å². The fourth-order valence-corrected chi connectivity index (χ4v) is 3.65. The molecule has 0 N–H and O–H groups in total. The van der Waals surface area contributed by atoms with E-state index in [9.17, 15) is 5.73 Å². The summed E-state index contributed by atoms with van der Waals surface area (Å²) in [5.74, 6) is 2.23. The summed E-state index contributed by atoms with van der Waals surface area (Å²) in [5.41, 5.74) is 11.9. The van der Waals surface area contributed by atoms with E-state index in [4.69, 9.17) is 0 Å². The highest BCUT2D eigenvalue weighted by Crippen LogP contribution is 2.43. The number of hydrogen-bond acceptors (Lipinski definition) is 0. The van der Waals surface area contributed by atoms with E-state index in [1.54, 1.807) is 0 Å². The summed E-state index contributed by atoms with van der Waals surface area (Å²) in [4.78, 5) is 0. The Morgan fingerprint density at radius 2 is 1.93 bits per heavy atom. The standard InChI is InChI=1S/C12H20NP/c1-3-5-7-11-8-10-14(12(11)13)9-6-4-2/h8,10H,3-7,9H2,1-2H3. The first-order chi connectivity index (χ1) is 6.79. The van der Waals surface area contributed by atoms with Gasteiger partial charge >= 0.3 is 0 Å². The van der Waals surface area contributed by atoms with Gasteiger partial charge in [0.15, 0.2) is 0 Å². The van der Waals surface area contributed by atoms with Crippen molar-refractivity contribution in [2.45, 2.75) is 52.1 Å². The molecule has 2 heteroatoms. The molecular formula is C12H20NP. The molecule has 0 fully saturated rings. The van der Waals surface area contributed by atoms with Crippen LogP contribution in [0.2, 0.25) is 0 Å². The smallest absolute Gasteiger partial charge is 0.107 e. The second-order valence-electron chi connectivity index (χ2n) is 3.82. The van der Waals surface area contributed by atoms with Crippen LogP contribution in [0.25, 0.3) is 0 Å². The Labute approximate surface area is 88.8 Å². The number of nitrogens with zero attached hydrogens (tertiary/aromatic N) is 1. The van der Waals surface area contributed by atoms with Crippen LogP contribution in [-0.2, 0) is 12.6 Å². The third-order valence-electron chi connectivity index (χ3n) is 2.57. The van der Waals surface area contributed by atoms with Crippen molar-refractivity contribution in [3.63, 3.8) is 0 Å². The van der Waals surface area contributed by atoms with E-state index >= 15 is 0 Å². The van der Waals surface area contributed by atoms with Crippen LogP contribution in [0.15, 0.2) is 11.9 Å². The van der Waals surface area contributed by atoms with Crippen molar-refractivity contribution in [3.05, 3.63) is 17.4 Å². The van der Waals surface area contributed by atoms with Crippen LogP contribution in [0.4, 0.5) is 5.42 Å². The van der Waals surface area contributed by atoms with E-state index in [0.29, 0.717) is 5.42 Å². The number of hydrogen-bond donors (Lipinski definition) is 0. The van der Waals surface area contributed by atoms with Crippen molar-refractivity contribution in [1.29, 1.82) is 0 Å². The number of unbranched alkanes of at least 4 members (excludes halogenated alkanes) is 2. The zero-order valence-electron chi connectivity index (χ0n) is 9.29. The lowest BCUT2D eigenvalue weighted by molar-refractivity contribution is 0.797. The lowest BCUT2D eigenvalue weighted by Gasteiger charge is -2.00. The van der Waals surface area contributed by atoms with Gasteiger partial charge in [-0.2, -0.15) is 0 Å². The molecule has 1 aromatic rings. The van der Waals surface area contributed by atoms with Crippen molar-refractivity contribution >= 4 is 13.0 Å². The molecule has 0 saturated carbocycles. The van der Waals surface area contributed by atoms with E-state index in [1.807, 2.05) is 0 Å². The molecule has 1 atom stereocenters. The molecule has 1 aromatic heterocycles. The maximum Gasteiger partial charge on any atom is 0.107 e. The van der Waals surface area contributed by atoms with Crippen molar-refractivity contribution in [2.75, 3.05) is 0 Å². The molecule has 2 radical (unpaired) electrons. The summed E-state index contributed by atoms with van der Waals surface area (Å²) in [7, 11) is -0.313. The van der Waals surface area contributed by atoms with Gasteiger partial charge in [-0.05, 0) is 36.8 Å². The average Bonchev–Trinajstić information content (AvgIpc) is 2.54. The summed E-state index contributed by atoms with van der Waals surface area (Å²) in [6.45, 7) is 4.39. The molecule has 1 heterocycles. The van der Waals surface area contributed by atoms with Crippen LogP contribution < -0.4 is 5.73 Å². The Kier molecular flexibility index (Phi) is 5.11. The van der Waals surface area contributed by atoms with Crippen LogP contribution in [-0.4, -0.2) is 0 Å². The summed E-state index contributed by atoms with van der Waals surface area (Å²) in [6, 6.07) is 2.15. The van der Waals surface area contributed by atoms with Gasteiger partial charge in [-0.1, -0.05) is 40.3 Å². The molecule has 0 aliphatic carbocycles. The zero-order chi connectivity index (χ0) is 10.4. The molecule has 0 bridgehead atoms. The summed E-state index contributed by atoms with van der Waals surface area (Å²) in [6.07, 6.45) is 7.09. The summed E-state index contributed by atoms with van der Waals surface area (Å²) in [5, 5.41) is 0. The lowest BCUT2D eigenvalue weighted by Crippen LogP contribution is -1.82. The molecule has 0 aliphatic heterocycles. The monoisotopic (exact) mass is 209 g/mol. The first kappa shape index (κ1) is 11.7. The number of aryl methyl sites for hydroxylation is 2. The second-order valence-corrected chi connectivity index (χ2v) is 5.92. The fraction of sp³-hybridized carbons (Fsp3) is 0.667. The third kappa shape index (κ3) is 3.06. The molecule has 0 amide bonds. The predicted molar refractivity (Wildman–Crippen MR) is 64.5 cm³/mol. The van der Waals surface area contributed by atoms with Crippen LogP contribution in [0.3, 0.4) is 0 Å². The Bertz CT molecular complexity index is 240. The summed E-state index contributed by atoms with van der Waals surface area (Å²) >= 11 is 0. The molecule has 1 nitrogen and oxygen atoms in total. The van der Waals surface area contributed by atoms with E-state index < -0.39 is 0 Å². The highest BCUT2D eigenvalue weighted by atomic mass is 31.1. The highest BCUT2D eigenvalue weighted by Gasteiger charge is 2.07. The third-order valence-corrected chi connectivity index (χ3v) is 4.71. The van der Waals surface area contributed by atoms with E-state index in [1.165, 1.54) is 37.4 Å². The average molecular weight is 209 g/mol. The molecule has 0 aromatic carbocycles. The van der Waals surface area contributed by atoms with Crippen LogP contribution >= 0.6 is 7.53 Å². The van der Waals surface area contributed by atoms with Gasteiger partial charge in [0.2, 0.25) is 0 Å². The topological polar surface area (TPSA) is 22.3 Å². The number of rotatable bonds is 6. The predicted octanol–water partition coefficient (Wildman–Crippen LogP) is 4.52. The molecule has 0 aliphatic rings. The quantitative estimate of drug-likeness (QED) is 0.657. The molecule has 1 unspecified atom stereocenters. The Balaban J connectivity index is 2.55. The van der Waals surface area contributed by atoms with Gasteiger partial charge in [-0.25, -0.2) is 0 Å². The maximum atomic E-state index is 9.95. The minimum absolute atomic E-state index is 0.313. The maximum absolute atomic E-state index is 9.95. The van der Waals surface area contributed by atoms with E-state index in [2.05, 4.69) is 25.7 Å². The fourth-order valence-electron chi connectivity index (χ4n) is 1.58. The molecule has 0 spiro atoms. The minimum atomic E-state index is -0.313. The van der Waals surface area contributed by atoms with Gasteiger partial charge in [0.1, 0.15) is 5.42 Å². The minimum Gasteiger partial charge on any atom is -0.146 e. The van der Waals surface area contributed by atoms with Gasteiger partial charge in [0.25, 0.3) is 0 Å². The van der Waals surface area contributed by atoms with Gasteiger partial charge in [-0.3, -0.25) is 0 Å². The van der Waals surface area contributed by atoms with Crippen LogP contribution in [0, 0.1) is 0 Å². The van der Waals surface area contributed by atoms with Crippen molar-refractivity contribution < 1.29 is 0 Å². The van der Waals surface area contributed by atoms with Crippen molar-refractivity contribution in [1.82, 2.24) is 5.73 Å². The first-order valence-corrected chi connectivity index (χ1v) is 7.26. The Hall–Kier alpha value is -0.420.